The van der Waals surface area contributed by atoms with E-state index < -0.39 is 29.4 Å². The van der Waals surface area contributed by atoms with E-state index in [1.165, 1.54) is 14.2 Å². The van der Waals surface area contributed by atoms with E-state index in [4.69, 9.17) is 14.2 Å². The van der Waals surface area contributed by atoms with Crippen LogP contribution in [0, 0.1) is 25.2 Å². The van der Waals surface area contributed by atoms with Crippen LogP contribution in [0.4, 0.5) is 0 Å². The van der Waals surface area contributed by atoms with Crippen LogP contribution in [-0.2, 0) is 23.8 Å². The average Bonchev–Trinajstić information content (AvgIpc) is 2.79. The Morgan fingerprint density at radius 1 is 0.903 bits per heavy atom. The Kier molecular flexibility index (Phi) is 6.91. The van der Waals surface area contributed by atoms with Crippen LogP contribution in [-0.4, -0.2) is 38.5 Å². The molecule has 0 unspecified atom stereocenters. The van der Waals surface area contributed by atoms with Gasteiger partial charge in [-0.1, -0.05) is 59.7 Å². The van der Waals surface area contributed by atoms with Crippen molar-refractivity contribution in [1.82, 2.24) is 0 Å². The lowest BCUT2D eigenvalue weighted by Crippen LogP contribution is -2.53. The van der Waals surface area contributed by atoms with Crippen molar-refractivity contribution in [2.24, 2.45) is 11.3 Å². The average molecular weight is 424 g/mol. The van der Waals surface area contributed by atoms with Gasteiger partial charge in [0, 0.05) is 24.3 Å². The fourth-order valence-electron chi connectivity index (χ4n) is 4.15. The first-order valence-corrected chi connectivity index (χ1v) is 10.3. The number of rotatable bonds is 6. The van der Waals surface area contributed by atoms with Gasteiger partial charge >= 0.3 is 11.9 Å². The molecule has 1 heterocycles. The largest absolute Gasteiger partial charge is 0.468 e. The van der Waals surface area contributed by atoms with Crippen LogP contribution in [0.5, 0.6) is 0 Å². The van der Waals surface area contributed by atoms with Crippen molar-refractivity contribution in [2.75, 3.05) is 20.8 Å². The molecule has 31 heavy (non-hydrogen) atoms. The Hall–Kier alpha value is -2.99. The summed E-state index contributed by atoms with van der Waals surface area (Å²) in [4.78, 5) is 39.0. The Morgan fingerprint density at radius 3 is 1.94 bits per heavy atom. The third-order valence-corrected chi connectivity index (χ3v) is 6.06. The molecule has 0 spiro atoms. The van der Waals surface area contributed by atoms with Gasteiger partial charge in [-0.3, -0.25) is 14.4 Å². The third-order valence-electron chi connectivity index (χ3n) is 6.06. The van der Waals surface area contributed by atoms with Crippen LogP contribution >= 0.6 is 0 Å². The second kappa shape index (κ2) is 9.43. The normalized spacial score (nSPS) is 20.0. The first-order chi connectivity index (χ1) is 14.8. The zero-order valence-corrected chi connectivity index (χ0v) is 18.3. The molecule has 0 aromatic heterocycles. The maximum absolute atomic E-state index is 13.0. The van der Waals surface area contributed by atoms with Gasteiger partial charge in [0.05, 0.1) is 26.9 Å². The predicted octanol–water partition coefficient (Wildman–Crippen LogP) is 3.99. The zero-order valence-electron chi connectivity index (χ0n) is 18.3. The fourth-order valence-corrected chi connectivity index (χ4v) is 4.15. The number of aryl methyl sites for hydroxylation is 2. The molecule has 1 fully saturated rings. The quantitative estimate of drug-likeness (QED) is 0.396. The highest BCUT2D eigenvalue weighted by Gasteiger charge is 2.58. The fraction of sp³-hybridized carbons (Fsp3) is 0.400. The monoisotopic (exact) mass is 424 g/mol. The predicted molar refractivity (Wildman–Crippen MR) is 115 cm³/mol. The number of carbonyl (C=O) groups excluding carboxylic acids is 3. The number of ether oxygens (including phenoxy) is 3. The van der Waals surface area contributed by atoms with E-state index in [-0.39, 0.29) is 25.2 Å². The summed E-state index contributed by atoms with van der Waals surface area (Å²) < 4.78 is 16.1. The molecular formula is C25H28O6. The van der Waals surface area contributed by atoms with Crippen LogP contribution < -0.4 is 0 Å². The Labute approximate surface area is 182 Å². The van der Waals surface area contributed by atoms with E-state index in [2.05, 4.69) is 0 Å². The van der Waals surface area contributed by atoms with E-state index >= 15 is 0 Å². The summed E-state index contributed by atoms with van der Waals surface area (Å²) >= 11 is 0. The number of Topliss-reactive ketones (excluding diaryl/α,β-unsaturated/α-hetero) is 1. The van der Waals surface area contributed by atoms with Gasteiger partial charge in [-0.05, 0) is 19.4 Å². The second-order valence-electron chi connectivity index (χ2n) is 8.08. The number of benzene rings is 2. The van der Waals surface area contributed by atoms with Crippen molar-refractivity contribution in [3.05, 3.63) is 70.8 Å². The van der Waals surface area contributed by atoms with Crippen LogP contribution in [0.25, 0.3) is 0 Å². The summed E-state index contributed by atoms with van der Waals surface area (Å²) in [6, 6.07) is 14.9. The summed E-state index contributed by atoms with van der Waals surface area (Å²) in [5.74, 6) is -2.29. The van der Waals surface area contributed by atoms with Gasteiger partial charge in [0.25, 0.3) is 0 Å². The van der Waals surface area contributed by atoms with Crippen molar-refractivity contribution < 1.29 is 28.6 Å². The minimum absolute atomic E-state index is 0.0339. The van der Waals surface area contributed by atoms with Crippen LogP contribution in [0.3, 0.4) is 0 Å². The topological polar surface area (TPSA) is 78.9 Å². The molecule has 3 rings (SSSR count). The van der Waals surface area contributed by atoms with Crippen molar-refractivity contribution in [3.63, 3.8) is 0 Å². The van der Waals surface area contributed by atoms with Gasteiger partial charge < -0.3 is 14.2 Å². The van der Waals surface area contributed by atoms with Gasteiger partial charge in [-0.25, -0.2) is 0 Å². The molecule has 1 aliphatic rings. The molecule has 0 radical (unpaired) electrons. The van der Waals surface area contributed by atoms with Gasteiger partial charge in [0.15, 0.2) is 11.2 Å². The van der Waals surface area contributed by atoms with Gasteiger partial charge in [-0.15, -0.1) is 0 Å². The number of esters is 2. The summed E-state index contributed by atoms with van der Waals surface area (Å²) in [7, 11) is 2.48. The molecule has 2 aromatic carbocycles. The number of ketones is 1. The highest BCUT2D eigenvalue weighted by atomic mass is 16.5. The molecule has 164 valence electrons. The highest BCUT2D eigenvalue weighted by molar-refractivity contribution is 6.02. The maximum atomic E-state index is 13.0. The molecule has 1 saturated heterocycles. The summed E-state index contributed by atoms with van der Waals surface area (Å²) in [6.07, 6.45) is -0.487. The van der Waals surface area contributed by atoms with Crippen molar-refractivity contribution in [1.29, 1.82) is 0 Å². The van der Waals surface area contributed by atoms with Crippen molar-refractivity contribution >= 4 is 17.7 Å². The van der Waals surface area contributed by atoms with Crippen LogP contribution in [0.15, 0.2) is 48.5 Å². The van der Waals surface area contributed by atoms with E-state index in [1.807, 2.05) is 50.2 Å². The number of hydrogen-bond donors (Lipinski definition) is 0. The molecule has 1 aliphatic heterocycles. The molecule has 6 nitrogen and oxygen atoms in total. The molecule has 2 atom stereocenters. The molecular weight excluding hydrogens is 396 g/mol. The molecule has 0 aliphatic carbocycles. The lowest BCUT2D eigenvalue weighted by molar-refractivity contribution is -0.189. The van der Waals surface area contributed by atoms with E-state index in [0.717, 1.165) is 16.7 Å². The van der Waals surface area contributed by atoms with Gasteiger partial charge in [0.1, 0.15) is 0 Å². The molecule has 0 N–H and O–H groups in total. The van der Waals surface area contributed by atoms with Crippen molar-refractivity contribution in [3.8, 4) is 0 Å². The van der Waals surface area contributed by atoms with E-state index in [9.17, 15) is 14.4 Å². The van der Waals surface area contributed by atoms with Crippen LogP contribution in [0.2, 0.25) is 0 Å². The molecule has 2 aromatic rings. The lowest BCUT2D eigenvalue weighted by Gasteiger charge is -2.42. The summed E-state index contributed by atoms with van der Waals surface area (Å²) in [5, 5.41) is 0. The van der Waals surface area contributed by atoms with Gasteiger partial charge in [0.2, 0.25) is 0 Å². The first kappa shape index (κ1) is 22.7. The Bertz CT molecular complexity index is 929. The second-order valence-corrected chi connectivity index (χ2v) is 8.08. The van der Waals surface area contributed by atoms with Gasteiger partial charge in [-0.2, -0.15) is 0 Å². The number of hydrogen-bond acceptors (Lipinski definition) is 6. The van der Waals surface area contributed by atoms with E-state index in [0.29, 0.717) is 5.56 Å². The Morgan fingerprint density at radius 2 is 1.42 bits per heavy atom. The number of methoxy groups -OCH3 is 2. The Balaban J connectivity index is 1.95. The zero-order chi connectivity index (χ0) is 22.6. The number of carbonyl (C=O) groups is 3. The molecule has 0 amide bonds. The standard InChI is InChI=1S/C25H28O6/c1-16-5-9-18(10-6-16)21(26)13-20-15-31-22(19-11-7-17(2)8-12-19)14-25(20,23(27)29-3)24(28)30-4/h5-12,20,22H,13-15H2,1-4H3/t20-,22-/m0/s1. The maximum Gasteiger partial charge on any atom is 0.323 e. The molecule has 6 heteroatoms. The highest BCUT2D eigenvalue weighted by Crippen LogP contribution is 2.47. The smallest absolute Gasteiger partial charge is 0.323 e. The summed E-state index contributed by atoms with van der Waals surface area (Å²) in [6.45, 7) is 3.97. The lowest BCUT2D eigenvalue weighted by atomic mass is 9.67. The molecule has 0 saturated carbocycles. The minimum Gasteiger partial charge on any atom is -0.468 e. The third kappa shape index (κ3) is 4.54. The minimum atomic E-state index is -1.63. The molecule has 0 bridgehead atoms. The van der Waals surface area contributed by atoms with Crippen molar-refractivity contribution in [2.45, 2.75) is 32.8 Å². The first-order valence-electron chi connectivity index (χ1n) is 10.3. The SMILES string of the molecule is COC(=O)C1(C(=O)OC)C[C@@H](c2ccc(C)cc2)OC[C@@H]1CC(=O)c1ccc(C)cc1. The van der Waals surface area contributed by atoms with E-state index in [1.54, 1.807) is 12.1 Å². The van der Waals surface area contributed by atoms with Crippen LogP contribution in [0.1, 0.15) is 46.0 Å². The summed E-state index contributed by atoms with van der Waals surface area (Å²) in [5.41, 5.74) is 1.88.